The van der Waals surface area contributed by atoms with Crippen LogP contribution < -0.4 is 0 Å². The number of hydrogen-bond donors (Lipinski definition) is 0. The molecule has 0 amide bonds. The van der Waals surface area contributed by atoms with Gasteiger partial charge in [0.1, 0.15) is 0 Å². The van der Waals surface area contributed by atoms with Crippen molar-refractivity contribution >= 4 is 5.97 Å². The van der Waals surface area contributed by atoms with Crippen LogP contribution in [0.25, 0.3) is 0 Å². The lowest BCUT2D eigenvalue weighted by Crippen LogP contribution is -2.28. The Morgan fingerprint density at radius 2 is 1.88 bits per heavy atom. The van der Waals surface area contributed by atoms with Crippen molar-refractivity contribution < 1.29 is 14.6 Å². The van der Waals surface area contributed by atoms with Gasteiger partial charge in [0.05, 0.1) is 12.5 Å². The first-order valence-corrected chi connectivity index (χ1v) is 5.77. The lowest BCUT2D eigenvalue weighted by Gasteiger charge is -2.25. The van der Waals surface area contributed by atoms with E-state index in [2.05, 4.69) is 28.8 Å². The van der Waals surface area contributed by atoms with E-state index in [0.29, 0.717) is 5.92 Å². The second-order valence-corrected chi connectivity index (χ2v) is 4.94. The van der Waals surface area contributed by atoms with Gasteiger partial charge in [0.15, 0.2) is 0 Å². The van der Waals surface area contributed by atoms with Crippen molar-refractivity contribution in [2.75, 3.05) is 7.11 Å². The van der Waals surface area contributed by atoms with Gasteiger partial charge >= 0.3 is 5.97 Å². The third-order valence-corrected chi connectivity index (χ3v) is 2.90. The molecule has 3 nitrogen and oxygen atoms in total. The van der Waals surface area contributed by atoms with Crippen molar-refractivity contribution in [1.82, 2.24) is 0 Å². The van der Waals surface area contributed by atoms with Gasteiger partial charge in [0.25, 0.3) is 0 Å². The molecule has 1 aromatic carbocycles. The minimum absolute atomic E-state index is 0.301. The molecule has 1 rings (SSSR count). The van der Waals surface area contributed by atoms with Crippen LogP contribution in [0.5, 0.6) is 0 Å². The zero-order valence-corrected chi connectivity index (χ0v) is 10.9. The second kappa shape index (κ2) is 5.82. The predicted molar refractivity (Wildman–Crippen MR) is 66.4 cm³/mol. The Hall–Kier alpha value is -1.35. The summed E-state index contributed by atoms with van der Waals surface area (Å²) in [6.07, 6.45) is 0.721. The summed E-state index contributed by atoms with van der Waals surface area (Å²) < 4.78 is 0. The van der Waals surface area contributed by atoms with Crippen LogP contribution in [0.1, 0.15) is 38.7 Å². The normalized spacial score (nSPS) is 13.2. The summed E-state index contributed by atoms with van der Waals surface area (Å²) >= 11 is 0. The smallest absolute Gasteiger partial charge is 0.298 e. The summed E-state index contributed by atoms with van der Waals surface area (Å²) in [4.78, 5) is 20.7. The van der Waals surface area contributed by atoms with Crippen molar-refractivity contribution in [3.63, 3.8) is 0 Å². The quantitative estimate of drug-likeness (QED) is 0.581. The number of benzene rings is 1. The summed E-state index contributed by atoms with van der Waals surface area (Å²) in [7, 11) is 1.34. The largest absolute Gasteiger partial charge is 0.347 e. The van der Waals surface area contributed by atoms with Gasteiger partial charge < -0.3 is 0 Å². The Labute approximate surface area is 103 Å². The molecule has 0 bridgehead atoms. The molecule has 0 aromatic heterocycles. The Kier molecular flexibility index (Phi) is 4.70. The predicted octanol–water partition coefficient (Wildman–Crippen LogP) is 3.31. The van der Waals surface area contributed by atoms with E-state index in [4.69, 9.17) is 0 Å². The highest BCUT2D eigenvalue weighted by molar-refractivity contribution is 5.75. The zero-order valence-electron chi connectivity index (χ0n) is 10.9. The molecule has 0 saturated carbocycles. The third kappa shape index (κ3) is 3.86. The number of hydrogen-bond acceptors (Lipinski definition) is 3. The van der Waals surface area contributed by atoms with Crippen molar-refractivity contribution in [2.24, 2.45) is 5.41 Å². The molecule has 0 heterocycles. The molecule has 1 atom stereocenters. The van der Waals surface area contributed by atoms with Crippen LogP contribution in [-0.4, -0.2) is 13.1 Å². The Bertz CT molecular complexity index is 357. The highest BCUT2D eigenvalue weighted by Crippen LogP contribution is 2.32. The Morgan fingerprint density at radius 1 is 1.29 bits per heavy atom. The van der Waals surface area contributed by atoms with Gasteiger partial charge in [-0.1, -0.05) is 37.3 Å². The number of carbonyl (C=O) groups is 1. The maximum Gasteiger partial charge on any atom is 0.347 e. The Morgan fingerprint density at radius 3 is 2.41 bits per heavy atom. The van der Waals surface area contributed by atoms with Gasteiger partial charge in [0, 0.05) is 0 Å². The van der Waals surface area contributed by atoms with Gasteiger partial charge in [-0.2, -0.15) is 4.89 Å². The first kappa shape index (κ1) is 13.7. The maximum absolute atomic E-state index is 11.7. The fourth-order valence-corrected chi connectivity index (χ4v) is 1.94. The SMILES string of the molecule is COOC(=O)C(C)(C)CC(C)c1ccccc1. The molecule has 0 spiro atoms. The molecular formula is C14H20O3. The van der Waals surface area contributed by atoms with Crippen LogP contribution in [0, 0.1) is 5.41 Å². The van der Waals surface area contributed by atoms with E-state index >= 15 is 0 Å². The van der Waals surface area contributed by atoms with E-state index in [1.54, 1.807) is 0 Å². The number of carbonyl (C=O) groups excluding carboxylic acids is 1. The van der Waals surface area contributed by atoms with E-state index in [0.717, 1.165) is 6.42 Å². The minimum Gasteiger partial charge on any atom is -0.298 e. The molecule has 94 valence electrons. The molecule has 1 unspecified atom stereocenters. The van der Waals surface area contributed by atoms with Crippen LogP contribution >= 0.6 is 0 Å². The molecule has 0 aliphatic carbocycles. The van der Waals surface area contributed by atoms with Gasteiger partial charge in [-0.05, 0) is 31.7 Å². The first-order valence-electron chi connectivity index (χ1n) is 5.77. The summed E-state index contributed by atoms with van der Waals surface area (Å²) in [5, 5.41) is 0. The molecule has 0 saturated heterocycles. The molecular weight excluding hydrogens is 216 g/mol. The highest BCUT2D eigenvalue weighted by Gasteiger charge is 2.32. The average molecular weight is 236 g/mol. The minimum atomic E-state index is -0.550. The summed E-state index contributed by atoms with van der Waals surface area (Å²) in [5.41, 5.74) is 0.677. The van der Waals surface area contributed by atoms with E-state index in [9.17, 15) is 4.79 Å². The van der Waals surface area contributed by atoms with E-state index in [-0.39, 0.29) is 5.97 Å². The van der Waals surface area contributed by atoms with E-state index in [1.165, 1.54) is 12.7 Å². The average Bonchev–Trinajstić information content (AvgIpc) is 2.30. The topological polar surface area (TPSA) is 35.5 Å². The van der Waals surface area contributed by atoms with Gasteiger partial charge in [-0.25, -0.2) is 4.79 Å². The van der Waals surface area contributed by atoms with Crippen molar-refractivity contribution in [3.8, 4) is 0 Å². The third-order valence-electron chi connectivity index (χ3n) is 2.90. The van der Waals surface area contributed by atoms with E-state index < -0.39 is 5.41 Å². The fraction of sp³-hybridized carbons (Fsp3) is 0.500. The highest BCUT2D eigenvalue weighted by atomic mass is 17.2. The van der Waals surface area contributed by atoms with Gasteiger partial charge in [-0.15, -0.1) is 0 Å². The molecule has 1 aromatic rings. The standard InChI is InChI=1S/C14H20O3/c1-11(12-8-6-5-7-9-12)10-14(2,3)13(15)17-16-4/h5-9,11H,10H2,1-4H3. The lowest BCUT2D eigenvalue weighted by molar-refractivity contribution is -0.263. The summed E-state index contributed by atoms with van der Waals surface area (Å²) in [5.74, 6) is -0.0293. The van der Waals surface area contributed by atoms with Crippen LogP contribution in [0.3, 0.4) is 0 Å². The van der Waals surface area contributed by atoms with E-state index in [1.807, 2.05) is 32.0 Å². The number of rotatable bonds is 5. The second-order valence-electron chi connectivity index (χ2n) is 4.94. The summed E-state index contributed by atoms with van der Waals surface area (Å²) in [6.45, 7) is 5.85. The van der Waals surface area contributed by atoms with Crippen molar-refractivity contribution in [1.29, 1.82) is 0 Å². The molecule has 0 aliphatic rings. The van der Waals surface area contributed by atoms with Crippen molar-refractivity contribution in [2.45, 2.75) is 33.1 Å². The van der Waals surface area contributed by atoms with Crippen LogP contribution in [0.4, 0.5) is 0 Å². The summed E-state index contributed by atoms with van der Waals surface area (Å²) in [6, 6.07) is 10.1. The van der Waals surface area contributed by atoms with Gasteiger partial charge in [0.2, 0.25) is 0 Å². The molecule has 0 fully saturated rings. The van der Waals surface area contributed by atoms with Gasteiger partial charge in [-0.3, -0.25) is 4.89 Å². The molecule has 3 heteroatoms. The molecule has 17 heavy (non-hydrogen) atoms. The van der Waals surface area contributed by atoms with Crippen molar-refractivity contribution in [3.05, 3.63) is 35.9 Å². The zero-order chi connectivity index (χ0) is 12.9. The van der Waals surface area contributed by atoms with Crippen LogP contribution in [-0.2, 0) is 14.6 Å². The van der Waals surface area contributed by atoms with Crippen LogP contribution in [0.2, 0.25) is 0 Å². The molecule has 0 radical (unpaired) electrons. The fourth-order valence-electron chi connectivity index (χ4n) is 1.94. The lowest BCUT2D eigenvalue weighted by atomic mass is 9.81. The molecule has 0 aliphatic heterocycles. The first-order chi connectivity index (χ1) is 7.97. The van der Waals surface area contributed by atoms with Crippen LogP contribution in [0.15, 0.2) is 30.3 Å². The Balaban J connectivity index is 2.67. The monoisotopic (exact) mass is 236 g/mol. The maximum atomic E-state index is 11.7. The molecule has 0 N–H and O–H groups in total.